The van der Waals surface area contributed by atoms with Crippen molar-refractivity contribution in [2.75, 3.05) is 13.3 Å². The molecule has 0 aromatic carbocycles. The lowest BCUT2D eigenvalue weighted by molar-refractivity contribution is -0.159. The molecule has 1 radical (unpaired) electrons. The van der Waals surface area contributed by atoms with Gasteiger partial charge in [0.1, 0.15) is 19.5 Å². The van der Waals surface area contributed by atoms with E-state index >= 15 is 0 Å². The highest BCUT2D eigenvalue weighted by molar-refractivity contribution is 5.75. The molecule has 87 valence electrons. The molecule has 7 heteroatoms. The molecule has 0 amide bonds. The maximum Gasteiger partial charge on any atom is 0.417 e. The molecule has 0 bridgehead atoms. The molecule has 3 atom stereocenters. The fraction of sp³-hybridized carbons (Fsp3) is 0.750. The third-order valence-corrected chi connectivity index (χ3v) is 1.44. The summed E-state index contributed by atoms with van der Waals surface area (Å²) in [7, 11) is 0. The van der Waals surface area contributed by atoms with Crippen LogP contribution in [-0.2, 0) is 19.1 Å². The van der Waals surface area contributed by atoms with Crippen LogP contribution in [0.15, 0.2) is 0 Å². The minimum atomic E-state index is -2.48. The molecule has 0 aromatic rings. The van der Waals surface area contributed by atoms with Crippen molar-refractivity contribution in [2.45, 2.75) is 25.3 Å². The molecule has 0 fully saturated rings. The van der Waals surface area contributed by atoms with Crippen LogP contribution in [0.2, 0.25) is 0 Å². The van der Waals surface area contributed by atoms with Crippen molar-refractivity contribution in [3.05, 3.63) is 0 Å². The Hall–Kier alpha value is -1.27. The van der Waals surface area contributed by atoms with E-state index in [9.17, 15) is 22.8 Å². The number of halogens is 3. The molecule has 0 spiro atoms. The van der Waals surface area contributed by atoms with Crippen LogP contribution in [0.25, 0.3) is 0 Å². The Morgan fingerprint density at radius 3 is 2.40 bits per heavy atom. The minimum absolute atomic E-state index is 0.810. The highest BCUT2D eigenvalue weighted by Crippen LogP contribution is 2.08. The Kier molecular flexibility index (Phi) is 6.48. The molecule has 0 aliphatic carbocycles. The van der Waals surface area contributed by atoms with Crippen molar-refractivity contribution in [3.63, 3.8) is 0 Å². The summed E-state index contributed by atoms with van der Waals surface area (Å²) in [6.07, 6.45) is -5.51. The molecule has 3 unspecified atom stereocenters. The van der Waals surface area contributed by atoms with Crippen molar-refractivity contribution < 1.29 is 32.2 Å². The van der Waals surface area contributed by atoms with Crippen molar-refractivity contribution in [3.8, 4) is 0 Å². The first-order chi connectivity index (χ1) is 7.06. The Morgan fingerprint density at radius 1 is 1.40 bits per heavy atom. The number of hydrogen-bond donors (Lipinski definition) is 0. The van der Waals surface area contributed by atoms with E-state index in [2.05, 4.69) is 9.47 Å². The molecule has 4 nitrogen and oxygen atoms in total. The average Bonchev–Trinajstić information content (AvgIpc) is 2.24. The van der Waals surface area contributed by atoms with Gasteiger partial charge in [0.2, 0.25) is 6.17 Å². The molecule has 0 saturated carbocycles. The first-order valence-corrected chi connectivity index (χ1v) is 4.06. The van der Waals surface area contributed by atoms with Gasteiger partial charge in [-0.1, -0.05) is 0 Å². The van der Waals surface area contributed by atoms with Crippen LogP contribution in [0.4, 0.5) is 13.2 Å². The molecular weight excluding hydrogens is 217 g/mol. The average molecular weight is 227 g/mol. The number of rotatable bonds is 7. The Bertz CT molecular complexity index is 212. The predicted octanol–water partition coefficient (Wildman–Crippen LogP) is 0.648. The highest BCUT2D eigenvalue weighted by atomic mass is 19.1. The quantitative estimate of drug-likeness (QED) is 0.599. The highest BCUT2D eigenvalue weighted by Gasteiger charge is 2.32. The van der Waals surface area contributed by atoms with Crippen LogP contribution in [0.3, 0.4) is 0 Å². The lowest BCUT2D eigenvalue weighted by Crippen LogP contribution is -2.37. The standard InChI is InChI=1S/C8H10F3O4/c1-5(2-9)15-8(13)7(11)6(3-10)14-4-12/h5-7H,2-3H2,1H3. The van der Waals surface area contributed by atoms with Gasteiger partial charge in [-0.25, -0.2) is 22.8 Å². The van der Waals surface area contributed by atoms with Gasteiger partial charge >= 0.3 is 12.4 Å². The zero-order chi connectivity index (χ0) is 11.8. The normalized spacial score (nSPS) is 16.3. The van der Waals surface area contributed by atoms with Crippen LogP contribution in [0.5, 0.6) is 0 Å². The van der Waals surface area contributed by atoms with Crippen molar-refractivity contribution >= 4 is 12.4 Å². The van der Waals surface area contributed by atoms with Gasteiger partial charge in [0.25, 0.3) is 0 Å². The number of carbonyl (C=O) groups is 1. The molecule has 0 aliphatic rings. The predicted molar refractivity (Wildman–Crippen MR) is 43.0 cm³/mol. The van der Waals surface area contributed by atoms with Crippen LogP contribution >= 0.6 is 0 Å². The third-order valence-electron chi connectivity index (χ3n) is 1.44. The van der Waals surface area contributed by atoms with Crippen molar-refractivity contribution in [1.82, 2.24) is 0 Å². The first kappa shape index (κ1) is 13.7. The smallest absolute Gasteiger partial charge is 0.417 e. The monoisotopic (exact) mass is 227 g/mol. The fourth-order valence-corrected chi connectivity index (χ4v) is 0.678. The molecule has 0 rings (SSSR count). The van der Waals surface area contributed by atoms with Crippen LogP contribution in [-0.4, -0.2) is 44.2 Å². The minimum Gasteiger partial charge on any atom is -0.458 e. The van der Waals surface area contributed by atoms with Gasteiger partial charge in [0, 0.05) is 0 Å². The summed E-state index contributed by atoms with van der Waals surface area (Å²) in [5.41, 5.74) is 0. The lowest BCUT2D eigenvalue weighted by atomic mass is 10.2. The summed E-state index contributed by atoms with van der Waals surface area (Å²) >= 11 is 0. The SMILES string of the molecule is CC(CF)OC(=O)C(F)C(CF)O[C]=O. The number of esters is 1. The van der Waals surface area contributed by atoms with Crippen LogP contribution in [0.1, 0.15) is 6.92 Å². The van der Waals surface area contributed by atoms with E-state index in [1.54, 1.807) is 0 Å². The van der Waals surface area contributed by atoms with Gasteiger partial charge in [-0.3, -0.25) is 0 Å². The van der Waals surface area contributed by atoms with Gasteiger partial charge < -0.3 is 9.47 Å². The van der Waals surface area contributed by atoms with E-state index in [0.717, 1.165) is 6.47 Å². The molecule has 0 aromatic heterocycles. The largest absolute Gasteiger partial charge is 0.458 e. The van der Waals surface area contributed by atoms with Crippen molar-refractivity contribution in [1.29, 1.82) is 0 Å². The number of alkyl halides is 3. The van der Waals surface area contributed by atoms with Gasteiger partial charge in [-0.05, 0) is 6.92 Å². The van der Waals surface area contributed by atoms with E-state index in [1.165, 1.54) is 6.92 Å². The summed E-state index contributed by atoms with van der Waals surface area (Å²) in [5, 5.41) is 0. The van der Waals surface area contributed by atoms with E-state index in [-0.39, 0.29) is 0 Å². The van der Waals surface area contributed by atoms with Crippen LogP contribution < -0.4 is 0 Å². The second-order valence-corrected chi connectivity index (χ2v) is 2.70. The number of carbonyl (C=O) groups excluding carboxylic acids is 2. The first-order valence-electron chi connectivity index (χ1n) is 4.06. The molecule has 0 saturated heterocycles. The third kappa shape index (κ3) is 4.66. The van der Waals surface area contributed by atoms with Crippen molar-refractivity contribution in [2.24, 2.45) is 0 Å². The van der Waals surface area contributed by atoms with Gasteiger partial charge in [0.05, 0.1) is 0 Å². The van der Waals surface area contributed by atoms with E-state index < -0.39 is 37.7 Å². The van der Waals surface area contributed by atoms with Gasteiger partial charge in [-0.15, -0.1) is 0 Å². The van der Waals surface area contributed by atoms with Gasteiger partial charge in [0.15, 0.2) is 6.10 Å². The second-order valence-electron chi connectivity index (χ2n) is 2.70. The molecule has 15 heavy (non-hydrogen) atoms. The Labute approximate surface area is 84.3 Å². The molecule has 0 aliphatic heterocycles. The van der Waals surface area contributed by atoms with Crippen LogP contribution in [0, 0.1) is 0 Å². The number of ether oxygens (including phenoxy) is 2. The van der Waals surface area contributed by atoms with Gasteiger partial charge in [-0.2, -0.15) is 0 Å². The summed E-state index contributed by atoms with van der Waals surface area (Å²) in [5.74, 6) is -1.47. The molecule has 0 N–H and O–H groups in total. The summed E-state index contributed by atoms with van der Waals surface area (Å²) < 4.78 is 45.0. The maximum atomic E-state index is 13.0. The number of hydrogen-bond acceptors (Lipinski definition) is 4. The molecule has 0 heterocycles. The van der Waals surface area contributed by atoms with E-state index in [0.29, 0.717) is 0 Å². The fourth-order valence-electron chi connectivity index (χ4n) is 0.678. The second kappa shape index (κ2) is 7.08. The topological polar surface area (TPSA) is 52.6 Å². The summed E-state index contributed by atoms with van der Waals surface area (Å²) in [4.78, 5) is 20.5. The Morgan fingerprint density at radius 2 is 2.00 bits per heavy atom. The van der Waals surface area contributed by atoms with E-state index in [4.69, 9.17) is 0 Å². The summed E-state index contributed by atoms with van der Waals surface area (Å²) in [6, 6.07) is 0. The zero-order valence-corrected chi connectivity index (χ0v) is 7.91. The molecular formula is C8H10F3O4. The maximum absolute atomic E-state index is 13.0. The van der Waals surface area contributed by atoms with E-state index in [1.807, 2.05) is 0 Å². The summed E-state index contributed by atoms with van der Waals surface area (Å²) in [6.45, 7) is -0.374. The zero-order valence-electron chi connectivity index (χ0n) is 7.91. The lowest BCUT2D eigenvalue weighted by Gasteiger charge is -2.16. The Balaban J connectivity index is 4.21.